The molecule has 0 fully saturated rings. The molecule has 0 saturated heterocycles. The smallest absolute Gasteiger partial charge is 0.337 e. The monoisotopic (exact) mass is 238 g/mol. The molecule has 1 aromatic rings. The van der Waals surface area contributed by atoms with Gasteiger partial charge in [0.2, 0.25) is 0 Å². The predicted octanol–water partition coefficient (Wildman–Crippen LogP) is 1.75. The van der Waals surface area contributed by atoms with Crippen molar-refractivity contribution in [3.8, 4) is 0 Å². The van der Waals surface area contributed by atoms with E-state index in [1.165, 1.54) is 0 Å². The summed E-state index contributed by atoms with van der Waals surface area (Å²) in [5, 5.41) is 17.8. The zero-order valence-electron chi connectivity index (χ0n) is 10.4. The van der Waals surface area contributed by atoms with E-state index >= 15 is 0 Å². The summed E-state index contributed by atoms with van der Waals surface area (Å²) in [6.07, 6.45) is -1.01. The molecular weight excluding hydrogens is 220 g/mol. The molecule has 0 amide bonds. The number of carboxylic acid groups (broad SMARTS) is 1. The summed E-state index contributed by atoms with van der Waals surface area (Å²) < 4.78 is 5.16. The van der Waals surface area contributed by atoms with Crippen molar-refractivity contribution in [1.29, 1.82) is 0 Å². The van der Waals surface area contributed by atoms with Crippen molar-refractivity contribution in [3.63, 3.8) is 0 Å². The van der Waals surface area contributed by atoms with Gasteiger partial charge in [0.15, 0.2) is 6.10 Å². The molecule has 1 atom stereocenters. The molecule has 94 valence electrons. The number of hydrogen-bond acceptors (Lipinski definition) is 3. The fourth-order valence-electron chi connectivity index (χ4n) is 1.73. The van der Waals surface area contributed by atoms with E-state index in [0.29, 0.717) is 5.56 Å². The van der Waals surface area contributed by atoms with Gasteiger partial charge in [-0.25, -0.2) is 4.79 Å². The molecule has 1 rings (SSSR count). The van der Waals surface area contributed by atoms with Crippen molar-refractivity contribution in [1.82, 2.24) is 0 Å². The maximum Gasteiger partial charge on any atom is 0.337 e. The topological polar surface area (TPSA) is 66.8 Å². The molecule has 0 heterocycles. The van der Waals surface area contributed by atoms with E-state index in [-0.39, 0.29) is 13.2 Å². The van der Waals surface area contributed by atoms with Crippen LogP contribution in [0.4, 0.5) is 0 Å². The molecule has 0 aliphatic rings. The summed E-state index contributed by atoms with van der Waals surface area (Å²) in [6, 6.07) is 3.78. The Morgan fingerprint density at radius 3 is 2.35 bits per heavy atom. The minimum atomic E-state index is -1.04. The van der Waals surface area contributed by atoms with Gasteiger partial charge < -0.3 is 14.9 Å². The number of ether oxygens (including phenoxy) is 1. The molecule has 0 spiro atoms. The van der Waals surface area contributed by atoms with Gasteiger partial charge in [-0.1, -0.05) is 12.1 Å². The van der Waals surface area contributed by atoms with Gasteiger partial charge in [0, 0.05) is 0 Å². The Labute approximate surface area is 101 Å². The second-order valence-electron chi connectivity index (χ2n) is 4.11. The molecule has 17 heavy (non-hydrogen) atoms. The number of aliphatic carboxylic acids is 1. The lowest BCUT2D eigenvalue weighted by atomic mass is 9.97. The van der Waals surface area contributed by atoms with Crippen LogP contribution in [0.3, 0.4) is 0 Å². The van der Waals surface area contributed by atoms with Gasteiger partial charge in [0.25, 0.3) is 0 Å². The Hall–Kier alpha value is -1.39. The lowest BCUT2D eigenvalue weighted by molar-refractivity contribution is -0.151. The van der Waals surface area contributed by atoms with Crippen molar-refractivity contribution in [2.24, 2.45) is 0 Å². The molecule has 0 aromatic heterocycles. The average molecular weight is 238 g/mol. The van der Waals surface area contributed by atoms with Gasteiger partial charge in [0.1, 0.15) is 0 Å². The highest BCUT2D eigenvalue weighted by atomic mass is 16.5. The van der Waals surface area contributed by atoms with Crippen molar-refractivity contribution in [2.75, 3.05) is 13.2 Å². The molecule has 0 radical (unpaired) electrons. The summed E-state index contributed by atoms with van der Waals surface area (Å²) in [5.74, 6) is -1.04. The Bertz CT molecular complexity index is 412. The van der Waals surface area contributed by atoms with Crippen LogP contribution in [0.1, 0.15) is 28.4 Å². The molecule has 4 nitrogen and oxygen atoms in total. The standard InChI is InChI=1S/C13H18O4/c1-8-6-10(3)11(7-9(8)2)12(13(15)16)17-5-4-14/h6-7,12,14H,4-5H2,1-3H3,(H,15,16). The number of rotatable bonds is 5. The highest BCUT2D eigenvalue weighted by molar-refractivity contribution is 5.75. The Kier molecular flexibility index (Phi) is 4.66. The maximum atomic E-state index is 11.1. The van der Waals surface area contributed by atoms with E-state index in [1.807, 2.05) is 32.9 Å². The highest BCUT2D eigenvalue weighted by Gasteiger charge is 2.22. The predicted molar refractivity (Wildman–Crippen MR) is 64.1 cm³/mol. The van der Waals surface area contributed by atoms with Crippen LogP contribution in [0.5, 0.6) is 0 Å². The van der Waals surface area contributed by atoms with Gasteiger partial charge in [-0.3, -0.25) is 0 Å². The molecule has 0 aliphatic heterocycles. The SMILES string of the molecule is Cc1cc(C)c(C(OCCO)C(=O)O)cc1C. The van der Waals surface area contributed by atoms with Crippen LogP contribution in [-0.2, 0) is 9.53 Å². The minimum absolute atomic E-state index is 0.0172. The molecule has 2 N–H and O–H groups in total. The Morgan fingerprint density at radius 2 is 1.82 bits per heavy atom. The quantitative estimate of drug-likeness (QED) is 0.820. The first-order chi connectivity index (χ1) is 7.97. The Morgan fingerprint density at radius 1 is 1.24 bits per heavy atom. The second-order valence-corrected chi connectivity index (χ2v) is 4.11. The molecule has 0 bridgehead atoms. The number of carboxylic acids is 1. The van der Waals surface area contributed by atoms with Crippen LogP contribution in [-0.4, -0.2) is 29.4 Å². The summed E-state index contributed by atoms with van der Waals surface area (Å²) >= 11 is 0. The van der Waals surface area contributed by atoms with Crippen LogP contribution in [0.2, 0.25) is 0 Å². The molecule has 4 heteroatoms. The van der Waals surface area contributed by atoms with Crippen LogP contribution < -0.4 is 0 Å². The first-order valence-corrected chi connectivity index (χ1v) is 5.50. The third kappa shape index (κ3) is 3.28. The third-order valence-electron chi connectivity index (χ3n) is 2.76. The molecule has 1 aromatic carbocycles. The van der Waals surface area contributed by atoms with E-state index in [2.05, 4.69) is 0 Å². The molecule has 0 saturated carbocycles. The average Bonchev–Trinajstić information content (AvgIpc) is 2.25. The zero-order valence-corrected chi connectivity index (χ0v) is 10.4. The molecule has 1 unspecified atom stereocenters. The van der Waals surface area contributed by atoms with Crippen LogP contribution in [0.25, 0.3) is 0 Å². The minimum Gasteiger partial charge on any atom is -0.479 e. The van der Waals surface area contributed by atoms with Crippen molar-refractivity contribution in [3.05, 3.63) is 34.4 Å². The van der Waals surface area contributed by atoms with Crippen molar-refractivity contribution < 1.29 is 19.7 Å². The fraction of sp³-hybridized carbons (Fsp3) is 0.462. The number of carbonyl (C=O) groups is 1. The van der Waals surface area contributed by atoms with E-state index in [1.54, 1.807) is 0 Å². The van der Waals surface area contributed by atoms with Gasteiger partial charge in [-0.15, -0.1) is 0 Å². The van der Waals surface area contributed by atoms with Crippen LogP contribution in [0, 0.1) is 20.8 Å². The van der Waals surface area contributed by atoms with E-state index in [9.17, 15) is 4.79 Å². The normalized spacial score (nSPS) is 12.5. The van der Waals surface area contributed by atoms with E-state index < -0.39 is 12.1 Å². The van der Waals surface area contributed by atoms with Gasteiger partial charge in [0.05, 0.1) is 13.2 Å². The molecular formula is C13H18O4. The zero-order chi connectivity index (χ0) is 13.0. The van der Waals surface area contributed by atoms with Crippen molar-refractivity contribution in [2.45, 2.75) is 26.9 Å². The number of hydrogen-bond donors (Lipinski definition) is 2. The maximum absolute atomic E-state index is 11.1. The van der Waals surface area contributed by atoms with Crippen molar-refractivity contribution >= 4 is 5.97 Å². The molecule has 0 aliphatic carbocycles. The van der Waals surface area contributed by atoms with Gasteiger partial charge in [-0.2, -0.15) is 0 Å². The van der Waals surface area contributed by atoms with Crippen LogP contribution in [0.15, 0.2) is 12.1 Å². The fourth-order valence-corrected chi connectivity index (χ4v) is 1.73. The van der Waals surface area contributed by atoms with Gasteiger partial charge in [-0.05, 0) is 43.0 Å². The summed E-state index contributed by atoms with van der Waals surface area (Å²) in [7, 11) is 0. The van der Waals surface area contributed by atoms with E-state index in [4.69, 9.17) is 14.9 Å². The van der Waals surface area contributed by atoms with E-state index in [0.717, 1.165) is 16.7 Å². The largest absolute Gasteiger partial charge is 0.479 e. The highest BCUT2D eigenvalue weighted by Crippen LogP contribution is 2.24. The van der Waals surface area contributed by atoms with Crippen LogP contribution >= 0.6 is 0 Å². The lowest BCUT2D eigenvalue weighted by Gasteiger charge is -2.17. The van der Waals surface area contributed by atoms with Gasteiger partial charge >= 0.3 is 5.97 Å². The number of aryl methyl sites for hydroxylation is 3. The first kappa shape index (κ1) is 13.7. The Balaban J connectivity index is 3.09. The lowest BCUT2D eigenvalue weighted by Crippen LogP contribution is -2.18. The third-order valence-corrected chi connectivity index (χ3v) is 2.76. The summed E-state index contributed by atoms with van der Waals surface area (Å²) in [6.45, 7) is 5.61. The summed E-state index contributed by atoms with van der Waals surface area (Å²) in [4.78, 5) is 11.1. The first-order valence-electron chi connectivity index (χ1n) is 5.50. The number of benzene rings is 1. The number of aliphatic hydroxyl groups is 1. The summed E-state index contributed by atoms with van der Waals surface area (Å²) in [5.41, 5.74) is 3.69. The second kappa shape index (κ2) is 5.80. The number of aliphatic hydroxyl groups excluding tert-OH is 1.